The minimum Gasteiger partial charge on any atom is -0.314 e. The maximum Gasteiger partial charge on any atom is 0.00104 e. The Morgan fingerprint density at radius 2 is 2.21 bits per heavy atom. The Morgan fingerprint density at radius 1 is 1.37 bits per heavy atom. The van der Waals surface area contributed by atoms with Crippen molar-refractivity contribution in [2.75, 3.05) is 6.54 Å². The first-order chi connectivity index (χ1) is 9.20. The Balaban J connectivity index is 2.00. The maximum atomic E-state index is 3.66. The molecule has 108 valence electrons. The standard InChI is InChI=1S/C17H29NS/c1-4-5-14-6-7-15(11-18-13(2)3)17(10-14)16-8-9-19-12-16/h8-9,12-15,17-18H,4-7,10-11H2,1-3H3. The predicted octanol–water partition coefficient (Wildman–Crippen LogP) is 5.05. The number of rotatable bonds is 6. The summed E-state index contributed by atoms with van der Waals surface area (Å²) in [5, 5.41) is 8.28. The maximum absolute atomic E-state index is 3.66. The van der Waals surface area contributed by atoms with Gasteiger partial charge < -0.3 is 5.32 Å². The molecule has 1 aliphatic carbocycles. The highest BCUT2D eigenvalue weighted by molar-refractivity contribution is 7.07. The summed E-state index contributed by atoms with van der Waals surface area (Å²) in [4.78, 5) is 0. The Kier molecular flexibility index (Phi) is 5.90. The summed E-state index contributed by atoms with van der Waals surface area (Å²) in [6.07, 6.45) is 7.03. The first-order valence-corrected chi connectivity index (χ1v) is 8.90. The quantitative estimate of drug-likeness (QED) is 0.768. The van der Waals surface area contributed by atoms with Crippen LogP contribution in [0.4, 0.5) is 0 Å². The molecule has 0 bridgehead atoms. The average molecular weight is 279 g/mol. The van der Waals surface area contributed by atoms with Gasteiger partial charge in [0.2, 0.25) is 0 Å². The van der Waals surface area contributed by atoms with Gasteiger partial charge in [-0.15, -0.1) is 0 Å². The largest absolute Gasteiger partial charge is 0.314 e. The molecule has 1 nitrogen and oxygen atoms in total. The van der Waals surface area contributed by atoms with E-state index in [1.54, 1.807) is 5.56 Å². The molecule has 0 saturated heterocycles. The average Bonchev–Trinajstić information content (AvgIpc) is 2.91. The van der Waals surface area contributed by atoms with Crippen molar-refractivity contribution in [3.8, 4) is 0 Å². The summed E-state index contributed by atoms with van der Waals surface area (Å²) in [5.74, 6) is 2.60. The third-order valence-corrected chi connectivity index (χ3v) is 5.26. The van der Waals surface area contributed by atoms with Gasteiger partial charge in [-0.05, 0) is 59.5 Å². The third kappa shape index (κ3) is 4.32. The van der Waals surface area contributed by atoms with E-state index in [1.807, 2.05) is 11.3 Å². The van der Waals surface area contributed by atoms with Crippen LogP contribution in [0, 0.1) is 11.8 Å². The van der Waals surface area contributed by atoms with Crippen molar-refractivity contribution in [3.63, 3.8) is 0 Å². The van der Waals surface area contributed by atoms with Crippen LogP contribution in [0.3, 0.4) is 0 Å². The van der Waals surface area contributed by atoms with Crippen molar-refractivity contribution in [2.45, 2.75) is 64.8 Å². The van der Waals surface area contributed by atoms with Gasteiger partial charge in [-0.3, -0.25) is 0 Å². The zero-order valence-corrected chi connectivity index (χ0v) is 13.5. The van der Waals surface area contributed by atoms with E-state index in [-0.39, 0.29) is 0 Å². The van der Waals surface area contributed by atoms with Crippen LogP contribution in [-0.2, 0) is 0 Å². The van der Waals surface area contributed by atoms with Crippen LogP contribution in [0.2, 0.25) is 0 Å². The van der Waals surface area contributed by atoms with Gasteiger partial charge in [0.05, 0.1) is 0 Å². The molecule has 2 heteroatoms. The first-order valence-electron chi connectivity index (χ1n) is 7.96. The van der Waals surface area contributed by atoms with Crippen LogP contribution >= 0.6 is 11.3 Å². The fraction of sp³-hybridized carbons (Fsp3) is 0.765. The zero-order chi connectivity index (χ0) is 13.7. The van der Waals surface area contributed by atoms with E-state index in [2.05, 4.69) is 42.9 Å². The second-order valence-electron chi connectivity index (χ2n) is 6.45. The summed E-state index contributed by atoms with van der Waals surface area (Å²) < 4.78 is 0. The lowest BCUT2D eigenvalue weighted by molar-refractivity contribution is 0.218. The fourth-order valence-electron chi connectivity index (χ4n) is 3.52. The van der Waals surface area contributed by atoms with Crippen molar-refractivity contribution >= 4 is 11.3 Å². The highest BCUT2D eigenvalue weighted by Gasteiger charge is 2.31. The molecule has 1 fully saturated rings. The second kappa shape index (κ2) is 7.44. The molecule has 1 aromatic heterocycles. The molecule has 1 N–H and O–H groups in total. The van der Waals surface area contributed by atoms with Crippen molar-refractivity contribution < 1.29 is 0 Å². The molecule has 0 spiro atoms. The Bertz CT molecular complexity index is 344. The molecule has 1 heterocycles. The molecule has 1 aliphatic rings. The van der Waals surface area contributed by atoms with Gasteiger partial charge in [0.15, 0.2) is 0 Å². The van der Waals surface area contributed by atoms with Crippen molar-refractivity contribution in [1.82, 2.24) is 5.32 Å². The van der Waals surface area contributed by atoms with E-state index in [4.69, 9.17) is 0 Å². The molecule has 0 radical (unpaired) electrons. The molecule has 0 aromatic carbocycles. The van der Waals surface area contributed by atoms with Crippen LogP contribution in [0.1, 0.15) is 64.4 Å². The van der Waals surface area contributed by atoms with E-state index < -0.39 is 0 Å². The highest BCUT2D eigenvalue weighted by Crippen LogP contribution is 2.42. The Hall–Kier alpha value is -0.340. The normalized spacial score (nSPS) is 27.9. The summed E-state index contributed by atoms with van der Waals surface area (Å²) in [7, 11) is 0. The Labute approximate surface area is 122 Å². The minimum absolute atomic E-state index is 0.608. The predicted molar refractivity (Wildman–Crippen MR) is 85.9 cm³/mol. The summed E-state index contributed by atoms with van der Waals surface area (Å²) in [6.45, 7) is 8.02. The zero-order valence-electron chi connectivity index (χ0n) is 12.7. The highest BCUT2D eigenvalue weighted by atomic mass is 32.1. The van der Waals surface area contributed by atoms with Crippen LogP contribution in [-0.4, -0.2) is 12.6 Å². The topological polar surface area (TPSA) is 12.0 Å². The van der Waals surface area contributed by atoms with Gasteiger partial charge in [-0.25, -0.2) is 0 Å². The van der Waals surface area contributed by atoms with E-state index in [1.165, 1.54) is 38.6 Å². The molecule has 1 saturated carbocycles. The van der Waals surface area contributed by atoms with E-state index >= 15 is 0 Å². The molecule has 3 atom stereocenters. The van der Waals surface area contributed by atoms with Crippen molar-refractivity contribution in [2.24, 2.45) is 11.8 Å². The summed E-state index contributed by atoms with van der Waals surface area (Å²) >= 11 is 1.85. The summed E-state index contributed by atoms with van der Waals surface area (Å²) in [6, 6.07) is 2.96. The van der Waals surface area contributed by atoms with Crippen molar-refractivity contribution in [3.05, 3.63) is 22.4 Å². The van der Waals surface area contributed by atoms with Gasteiger partial charge in [-0.1, -0.05) is 40.0 Å². The van der Waals surface area contributed by atoms with E-state index in [0.717, 1.165) is 17.8 Å². The fourth-order valence-corrected chi connectivity index (χ4v) is 4.24. The molecule has 2 rings (SSSR count). The molecule has 3 unspecified atom stereocenters. The van der Waals surface area contributed by atoms with Gasteiger partial charge in [-0.2, -0.15) is 11.3 Å². The van der Waals surface area contributed by atoms with Gasteiger partial charge in [0, 0.05) is 6.04 Å². The number of hydrogen-bond acceptors (Lipinski definition) is 2. The van der Waals surface area contributed by atoms with Gasteiger partial charge >= 0.3 is 0 Å². The number of nitrogens with one attached hydrogen (secondary N) is 1. The van der Waals surface area contributed by atoms with Gasteiger partial charge in [0.1, 0.15) is 0 Å². The molecule has 19 heavy (non-hydrogen) atoms. The van der Waals surface area contributed by atoms with Gasteiger partial charge in [0.25, 0.3) is 0 Å². The molecular formula is C17H29NS. The van der Waals surface area contributed by atoms with E-state index in [0.29, 0.717) is 6.04 Å². The lowest BCUT2D eigenvalue weighted by atomic mass is 9.70. The monoisotopic (exact) mass is 279 g/mol. The Morgan fingerprint density at radius 3 is 2.84 bits per heavy atom. The second-order valence-corrected chi connectivity index (χ2v) is 7.23. The van der Waals surface area contributed by atoms with Crippen LogP contribution < -0.4 is 5.32 Å². The molecule has 1 aromatic rings. The smallest absolute Gasteiger partial charge is 0.00104 e. The van der Waals surface area contributed by atoms with Crippen LogP contribution in [0.25, 0.3) is 0 Å². The lowest BCUT2D eigenvalue weighted by Crippen LogP contribution is -2.35. The molecular weight excluding hydrogens is 250 g/mol. The van der Waals surface area contributed by atoms with E-state index in [9.17, 15) is 0 Å². The number of hydrogen-bond donors (Lipinski definition) is 1. The van der Waals surface area contributed by atoms with Crippen LogP contribution in [0.15, 0.2) is 16.8 Å². The van der Waals surface area contributed by atoms with Crippen LogP contribution in [0.5, 0.6) is 0 Å². The van der Waals surface area contributed by atoms with Crippen molar-refractivity contribution in [1.29, 1.82) is 0 Å². The lowest BCUT2D eigenvalue weighted by Gasteiger charge is -2.36. The SMILES string of the molecule is CCCC1CCC(CNC(C)C)C(c2ccsc2)C1. The third-order valence-electron chi connectivity index (χ3n) is 4.56. The first kappa shape index (κ1) is 15.1. The minimum atomic E-state index is 0.608. The summed E-state index contributed by atoms with van der Waals surface area (Å²) in [5.41, 5.74) is 1.60. The molecule has 0 aliphatic heterocycles. The molecule has 0 amide bonds. The number of thiophene rings is 1.